The van der Waals surface area contributed by atoms with E-state index < -0.39 is 0 Å². The molecule has 0 aliphatic heterocycles. The van der Waals surface area contributed by atoms with Crippen LogP contribution in [0.4, 0.5) is 5.69 Å². The number of anilines is 1. The summed E-state index contributed by atoms with van der Waals surface area (Å²) in [6.45, 7) is 6.67. The summed E-state index contributed by atoms with van der Waals surface area (Å²) in [4.78, 5) is 28.8. The maximum atomic E-state index is 12.6. The molecule has 2 atom stereocenters. The van der Waals surface area contributed by atoms with Gasteiger partial charge in [0, 0.05) is 24.6 Å². The Balaban J connectivity index is 1.57. The minimum Gasteiger partial charge on any atom is -0.352 e. The molecule has 1 aromatic heterocycles. The van der Waals surface area contributed by atoms with E-state index in [1.807, 2.05) is 37.3 Å². The number of aromatic nitrogens is 1. The zero-order valence-corrected chi connectivity index (χ0v) is 15.5. The average molecular weight is 351 g/mol. The Morgan fingerprint density at radius 1 is 1.12 bits per heavy atom. The molecule has 2 amide bonds. The van der Waals surface area contributed by atoms with Crippen molar-refractivity contribution in [3.8, 4) is 0 Å². The summed E-state index contributed by atoms with van der Waals surface area (Å²) >= 11 is 0. The molecule has 2 aromatic rings. The van der Waals surface area contributed by atoms with Gasteiger partial charge in [0.15, 0.2) is 0 Å². The molecular formula is C21H25N3O2. The van der Waals surface area contributed by atoms with Crippen LogP contribution >= 0.6 is 0 Å². The lowest BCUT2D eigenvalue weighted by atomic mass is 9.98. The zero-order valence-electron chi connectivity index (χ0n) is 15.5. The number of para-hydroxylation sites is 1. The molecule has 1 aliphatic rings. The first-order valence-corrected chi connectivity index (χ1v) is 9.04. The highest BCUT2D eigenvalue weighted by Crippen LogP contribution is 2.40. The number of aryl methyl sites for hydroxylation is 1. The van der Waals surface area contributed by atoms with Crippen molar-refractivity contribution in [3.63, 3.8) is 0 Å². The van der Waals surface area contributed by atoms with Crippen molar-refractivity contribution < 1.29 is 9.59 Å². The summed E-state index contributed by atoms with van der Waals surface area (Å²) in [6, 6.07) is 9.77. The van der Waals surface area contributed by atoms with Gasteiger partial charge in [0.1, 0.15) is 0 Å². The molecule has 1 heterocycles. The number of hydrogen-bond acceptors (Lipinski definition) is 3. The van der Waals surface area contributed by atoms with E-state index in [1.165, 1.54) is 0 Å². The summed E-state index contributed by atoms with van der Waals surface area (Å²) in [6.07, 6.45) is 4.00. The molecule has 2 unspecified atom stereocenters. The lowest BCUT2D eigenvalue weighted by Gasteiger charge is -2.16. The lowest BCUT2D eigenvalue weighted by Crippen LogP contribution is -2.27. The van der Waals surface area contributed by atoms with E-state index in [0.717, 1.165) is 22.4 Å². The van der Waals surface area contributed by atoms with Crippen LogP contribution < -0.4 is 10.6 Å². The molecule has 26 heavy (non-hydrogen) atoms. The number of amides is 2. The van der Waals surface area contributed by atoms with Crippen LogP contribution in [0.5, 0.6) is 0 Å². The highest BCUT2D eigenvalue weighted by Gasteiger charge is 2.48. The van der Waals surface area contributed by atoms with E-state index in [1.54, 1.807) is 12.4 Å². The van der Waals surface area contributed by atoms with Crippen LogP contribution in [-0.4, -0.2) is 16.8 Å². The van der Waals surface area contributed by atoms with Gasteiger partial charge >= 0.3 is 0 Å². The Hall–Kier alpha value is -2.69. The van der Waals surface area contributed by atoms with Gasteiger partial charge < -0.3 is 10.6 Å². The van der Waals surface area contributed by atoms with Gasteiger partial charge in [0.05, 0.1) is 11.8 Å². The average Bonchev–Trinajstić information content (AvgIpc) is 3.43. The number of carbonyl (C=O) groups excluding carboxylic acids is 2. The fourth-order valence-corrected chi connectivity index (χ4v) is 3.15. The van der Waals surface area contributed by atoms with E-state index in [4.69, 9.17) is 0 Å². The number of pyridine rings is 1. The van der Waals surface area contributed by atoms with Crippen LogP contribution in [0.1, 0.15) is 42.9 Å². The molecule has 5 heteroatoms. The van der Waals surface area contributed by atoms with Gasteiger partial charge in [-0.05, 0) is 48.1 Å². The van der Waals surface area contributed by atoms with Gasteiger partial charge in [-0.25, -0.2) is 0 Å². The molecule has 1 aromatic carbocycles. The molecule has 2 N–H and O–H groups in total. The van der Waals surface area contributed by atoms with Crippen LogP contribution in [0.3, 0.4) is 0 Å². The van der Waals surface area contributed by atoms with Crippen molar-refractivity contribution >= 4 is 17.5 Å². The van der Waals surface area contributed by atoms with E-state index >= 15 is 0 Å². The summed E-state index contributed by atoms with van der Waals surface area (Å²) < 4.78 is 0. The highest BCUT2D eigenvalue weighted by molar-refractivity contribution is 6.00. The SMILES string of the molecule is Cc1cccc(C(C)C)c1NC(=O)C1CC1C(=O)NCc1ccncc1. The molecule has 5 nitrogen and oxygen atoms in total. The second-order valence-electron chi connectivity index (χ2n) is 7.21. The fourth-order valence-electron chi connectivity index (χ4n) is 3.15. The summed E-state index contributed by atoms with van der Waals surface area (Å²) in [7, 11) is 0. The van der Waals surface area contributed by atoms with Crippen molar-refractivity contribution in [1.82, 2.24) is 10.3 Å². The normalized spacial score (nSPS) is 18.5. The first-order chi connectivity index (χ1) is 12.5. The van der Waals surface area contributed by atoms with Gasteiger partial charge in [-0.15, -0.1) is 0 Å². The van der Waals surface area contributed by atoms with E-state index in [9.17, 15) is 9.59 Å². The van der Waals surface area contributed by atoms with Crippen LogP contribution in [0.2, 0.25) is 0 Å². The minimum atomic E-state index is -0.243. The largest absolute Gasteiger partial charge is 0.352 e. The van der Waals surface area contributed by atoms with Gasteiger partial charge in [-0.1, -0.05) is 32.0 Å². The Kier molecular flexibility index (Phi) is 5.35. The van der Waals surface area contributed by atoms with Gasteiger partial charge in [0.2, 0.25) is 11.8 Å². The number of nitrogens with one attached hydrogen (secondary N) is 2. The van der Waals surface area contributed by atoms with Crippen LogP contribution in [-0.2, 0) is 16.1 Å². The summed E-state index contributed by atoms with van der Waals surface area (Å²) in [5.41, 5.74) is 4.05. The first-order valence-electron chi connectivity index (χ1n) is 9.04. The smallest absolute Gasteiger partial charge is 0.228 e. The molecule has 3 rings (SSSR count). The second-order valence-corrected chi connectivity index (χ2v) is 7.21. The molecule has 0 spiro atoms. The van der Waals surface area contributed by atoms with E-state index in [2.05, 4.69) is 29.5 Å². The molecule has 1 saturated carbocycles. The molecule has 1 aliphatic carbocycles. The lowest BCUT2D eigenvalue weighted by molar-refractivity contribution is -0.125. The maximum absolute atomic E-state index is 12.6. The van der Waals surface area contributed by atoms with Crippen LogP contribution in [0, 0.1) is 18.8 Å². The summed E-state index contributed by atoms with van der Waals surface area (Å²) in [5.74, 6) is -0.277. The molecule has 0 radical (unpaired) electrons. The Bertz CT molecular complexity index is 802. The number of rotatable bonds is 6. The van der Waals surface area contributed by atoms with Crippen LogP contribution in [0.15, 0.2) is 42.7 Å². The Morgan fingerprint density at radius 2 is 1.81 bits per heavy atom. The number of carbonyl (C=O) groups is 2. The minimum absolute atomic E-state index is 0.0594. The molecule has 136 valence electrons. The van der Waals surface area contributed by atoms with Gasteiger partial charge in [-0.2, -0.15) is 0 Å². The van der Waals surface area contributed by atoms with Crippen molar-refractivity contribution in [1.29, 1.82) is 0 Å². The monoisotopic (exact) mass is 351 g/mol. The van der Waals surface area contributed by atoms with Crippen molar-refractivity contribution in [2.75, 3.05) is 5.32 Å². The molecule has 0 saturated heterocycles. The van der Waals surface area contributed by atoms with Gasteiger partial charge in [0.25, 0.3) is 0 Å². The predicted molar refractivity (Wildman–Crippen MR) is 102 cm³/mol. The number of benzene rings is 1. The third-order valence-corrected chi connectivity index (χ3v) is 4.86. The van der Waals surface area contributed by atoms with E-state index in [-0.39, 0.29) is 23.7 Å². The zero-order chi connectivity index (χ0) is 18.7. The summed E-state index contributed by atoms with van der Waals surface area (Å²) in [5, 5.41) is 5.96. The second kappa shape index (κ2) is 7.68. The van der Waals surface area contributed by atoms with Crippen molar-refractivity contribution in [2.24, 2.45) is 11.8 Å². The van der Waals surface area contributed by atoms with Gasteiger partial charge in [-0.3, -0.25) is 14.6 Å². The van der Waals surface area contributed by atoms with Crippen LogP contribution in [0.25, 0.3) is 0 Å². The standard InChI is InChI=1S/C21H25N3O2/c1-13(2)16-6-4-5-14(3)19(16)24-21(26)18-11-17(18)20(25)23-12-15-7-9-22-10-8-15/h4-10,13,17-18H,11-12H2,1-3H3,(H,23,25)(H,24,26). The third-order valence-electron chi connectivity index (χ3n) is 4.86. The topological polar surface area (TPSA) is 71.1 Å². The maximum Gasteiger partial charge on any atom is 0.228 e. The molecule has 0 bridgehead atoms. The quantitative estimate of drug-likeness (QED) is 0.838. The third kappa shape index (κ3) is 4.10. The van der Waals surface area contributed by atoms with Crippen molar-refractivity contribution in [2.45, 2.75) is 39.7 Å². The van der Waals surface area contributed by atoms with E-state index in [0.29, 0.717) is 18.9 Å². The highest BCUT2D eigenvalue weighted by atomic mass is 16.2. The number of hydrogen-bond donors (Lipinski definition) is 2. The Labute approximate surface area is 154 Å². The van der Waals surface area contributed by atoms with Crippen molar-refractivity contribution in [3.05, 3.63) is 59.4 Å². The Morgan fingerprint density at radius 3 is 2.50 bits per heavy atom. The number of nitrogens with zero attached hydrogens (tertiary/aromatic N) is 1. The predicted octanol–water partition coefficient (Wildman–Crippen LogP) is 3.40. The molecular weight excluding hydrogens is 326 g/mol. The fraction of sp³-hybridized carbons (Fsp3) is 0.381. The first kappa shape index (κ1) is 18.1. The molecule has 1 fully saturated rings.